The summed E-state index contributed by atoms with van der Waals surface area (Å²) in [5.41, 5.74) is 5.20. The first kappa shape index (κ1) is 19.1. The maximum atomic E-state index is 11.7. The normalized spacial score (nSPS) is 13.1. The fourth-order valence-electron chi connectivity index (χ4n) is 3.43. The van der Waals surface area contributed by atoms with Crippen LogP contribution < -0.4 is 10.7 Å². The minimum Gasteiger partial charge on any atom is -0.507 e. The number of hydrogen-bond donors (Lipinski definition) is 2. The van der Waals surface area contributed by atoms with E-state index in [1.807, 2.05) is 43.3 Å². The van der Waals surface area contributed by atoms with Gasteiger partial charge in [0.2, 0.25) is 0 Å². The number of benzene rings is 2. The monoisotopic (exact) mass is 387 g/mol. The van der Waals surface area contributed by atoms with Gasteiger partial charge in [-0.3, -0.25) is 4.79 Å². The van der Waals surface area contributed by atoms with Gasteiger partial charge in [0.05, 0.1) is 6.54 Å². The van der Waals surface area contributed by atoms with Crippen LogP contribution in [0.5, 0.6) is 0 Å². The van der Waals surface area contributed by atoms with E-state index in [9.17, 15) is 9.90 Å². The van der Waals surface area contributed by atoms with Crippen molar-refractivity contribution in [3.8, 4) is 11.1 Å². The zero-order valence-electron chi connectivity index (χ0n) is 16.6. The van der Waals surface area contributed by atoms with Crippen molar-refractivity contribution >= 4 is 11.4 Å². The van der Waals surface area contributed by atoms with Crippen molar-refractivity contribution < 1.29 is 9.52 Å². The third-order valence-electron chi connectivity index (χ3n) is 5.35. The second-order valence-electron chi connectivity index (χ2n) is 7.39. The van der Waals surface area contributed by atoms with Gasteiger partial charge in [0.15, 0.2) is 5.43 Å². The summed E-state index contributed by atoms with van der Waals surface area (Å²) in [6, 6.07) is 19.2. The van der Waals surface area contributed by atoms with Crippen molar-refractivity contribution in [1.82, 2.24) is 0 Å². The van der Waals surface area contributed by atoms with E-state index in [0.29, 0.717) is 30.2 Å². The van der Waals surface area contributed by atoms with Crippen LogP contribution in [-0.2, 0) is 13.0 Å². The summed E-state index contributed by atoms with van der Waals surface area (Å²) in [4.78, 5) is 11.7. The van der Waals surface area contributed by atoms with E-state index in [-0.39, 0.29) is 5.43 Å². The molecule has 1 fully saturated rings. The van der Waals surface area contributed by atoms with Gasteiger partial charge in [-0.15, -0.1) is 0 Å². The van der Waals surface area contributed by atoms with Crippen LogP contribution >= 0.6 is 0 Å². The Labute approximate surface area is 170 Å². The lowest BCUT2D eigenvalue weighted by molar-refractivity contribution is 0.456. The zero-order valence-corrected chi connectivity index (χ0v) is 16.6. The van der Waals surface area contributed by atoms with Gasteiger partial charge in [0.1, 0.15) is 17.3 Å². The Morgan fingerprint density at radius 2 is 1.59 bits per heavy atom. The highest BCUT2D eigenvalue weighted by Crippen LogP contribution is 2.32. The molecular formula is C25H25NO3. The van der Waals surface area contributed by atoms with E-state index in [1.54, 1.807) is 0 Å². The molecule has 148 valence electrons. The molecule has 0 radical (unpaired) electrons. The van der Waals surface area contributed by atoms with Gasteiger partial charge < -0.3 is 14.8 Å². The predicted octanol–water partition coefficient (Wildman–Crippen LogP) is 5.93. The molecule has 4 rings (SSSR count). The maximum Gasteiger partial charge on any atom is 0.185 e. The van der Waals surface area contributed by atoms with Crippen LogP contribution in [0.2, 0.25) is 0 Å². The quantitative estimate of drug-likeness (QED) is 0.514. The Bertz CT molecular complexity index is 1070. The molecule has 1 aliphatic rings. The fraction of sp³-hybridized carbons (Fsp3) is 0.240. The molecule has 1 aliphatic carbocycles. The van der Waals surface area contributed by atoms with Gasteiger partial charge in [-0.2, -0.15) is 0 Å². The number of rotatable bonds is 6. The number of aryl methyl sites for hydroxylation is 1. The maximum absolute atomic E-state index is 11.7. The van der Waals surface area contributed by atoms with E-state index >= 15 is 0 Å². The summed E-state index contributed by atoms with van der Waals surface area (Å²) in [6.07, 6.45) is 3.89. The number of anilines is 1. The van der Waals surface area contributed by atoms with Gasteiger partial charge in [0, 0.05) is 29.8 Å². The molecule has 0 spiro atoms. The Hall–Kier alpha value is -3.27. The number of nitrogens with one attached hydrogen (secondary N) is 1. The number of allylic oxidation sites excluding steroid dienone is 1. The summed E-state index contributed by atoms with van der Waals surface area (Å²) in [5, 5.41) is 13.6. The van der Waals surface area contributed by atoms with Crippen molar-refractivity contribution in [2.24, 2.45) is 0 Å². The Morgan fingerprint density at radius 3 is 2.17 bits per heavy atom. The van der Waals surface area contributed by atoms with Crippen molar-refractivity contribution in [3.63, 3.8) is 0 Å². The molecule has 4 heteroatoms. The molecule has 1 heterocycles. The zero-order chi connectivity index (χ0) is 20.2. The summed E-state index contributed by atoms with van der Waals surface area (Å²) in [5.74, 6) is 1.78. The van der Waals surface area contributed by atoms with Crippen molar-refractivity contribution in [1.29, 1.82) is 0 Å². The minimum atomic E-state index is -0.0253. The first-order valence-corrected chi connectivity index (χ1v) is 10.1. The smallest absolute Gasteiger partial charge is 0.185 e. The Kier molecular flexibility index (Phi) is 5.52. The molecule has 0 atom stereocenters. The summed E-state index contributed by atoms with van der Waals surface area (Å²) in [6.45, 7) is 2.43. The van der Waals surface area contributed by atoms with Crippen LogP contribution in [0.15, 0.2) is 75.4 Å². The molecule has 0 aliphatic heterocycles. The lowest BCUT2D eigenvalue weighted by Gasteiger charge is -2.18. The summed E-state index contributed by atoms with van der Waals surface area (Å²) >= 11 is 0. The molecule has 2 aromatic carbocycles. The van der Waals surface area contributed by atoms with Crippen LogP contribution in [0.25, 0.3) is 16.9 Å². The minimum absolute atomic E-state index is 0.0253. The highest BCUT2D eigenvalue weighted by Gasteiger charge is 2.15. The third kappa shape index (κ3) is 4.43. The molecule has 0 bridgehead atoms. The predicted molar refractivity (Wildman–Crippen MR) is 117 cm³/mol. The second kappa shape index (κ2) is 8.39. The Balaban J connectivity index is 1.42. The van der Waals surface area contributed by atoms with Crippen LogP contribution in [0.3, 0.4) is 0 Å². The van der Waals surface area contributed by atoms with E-state index in [4.69, 9.17) is 4.42 Å². The average Bonchev–Trinajstić information content (AvgIpc) is 2.71. The standard InChI is InChI=1S/C25H25NO3/c1-2-23-14-22(27)15-24(29-23)16-26-21-12-10-18(11-13-21)17-6-8-20(9-7-17)25(28)19-4-3-5-19/h6-15,26,28H,2-5,16H2,1H3. The lowest BCUT2D eigenvalue weighted by atomic mass is 9.89. The molecule has 3 aromatic rings. The van der Waals surface area contributed by atoms with E-state index < -0.39 is 0 Å². The summed E-state index contributed by atoms with van der Waals surface area (Å²) in [7, 11) is 0. The second-order valence-corrected chi connectivity index (χ2v) is 7.39. The van der Waals surface area contributed by atoms with Crippen LogP contribution in [0, 0.1) is 0 Å². The molecule has 1 aromatic heterocycles. The average molecular weight is 387 g/mol. The molecule has 0 saturated heterocycles. The van der Waals surface area contributed by atoms with Crippen molar-refractivity contribution in [2.75, 3.05) is 5.32 Å². The highest BCUT2D eigenvalue weighted by atomic mass is 16.3. The van der Waals surface area contributed by atoms with Gasteiger partial charge >= 0.3 is 0 Å². The van der Waals surface area contributed by atoms with Gasteiger partial charge in [0.25, 0.3) is 0 Å². The van der Waals surface area contributed by atoms with E-state index in [1.165, 1.54) is 18.6 Å². The van der Waals surface area contributed by atoms with Gasteiger partial charge in [-0.05, 0) is 48.1 Å². The van der Waals surface area contributed by atoms with Crippen LogP contribution in [0.1, 0.15) is 43.3 Å². The molecule has 1 saturated carbocycles. The van der Waals surface area contributed by atoms with Crippen LogP contribution in [-0.4, -0.2) is 5.11 Å². The molecule has 0 amide bonds. The van der Waals surface area contributed by atoms with Gasteiger partial charge in [-0.25, -0.2) is 0 Å². The van der Waals surface area contributed by atoms with E-state index in [2.05, 4.69) is 17.4 Å². The largest absolute Gasteiger partial charge is 0.507 e. The SMILES string of the molecule is CCc1cc(=O)cc(CNc2ccc(-c3ccc(C(O)=C4CCC4)cc3)cc2)o1. The lowest BCUT2D eigenvalue weighted by Crippen LogP contribution is -2.06. The number of hydrogen-bond acceptors (Lipinski definition) is 4. The topological polar surface area (TPSA) is 62.5 Å². The van der Waals surface area contributed by atoms with Gasteiger partial charge in [-0.1, -0.05) is 43.3 Å². The first-order valence-electron chi connectivity index (χ1n) is 10.1. The van der Waals surface area contributed by atoms with Crippen molar-refractivity contribution in [2.45, 2.75) is 39.2 Å². The molecule has 4 nitrogen and oxygen atoms in total. The Morgan fingerprint density at radius 1 is 0.966 bits per heavy atom. The third-order valence-corrected chi connectivity index (χ3v) is 5.35. The molecule has 0 unspecified atom stereocenters. The first-order chi connectivity index (χ1) is 14.1. The summed E-state index contributed by atoms with van der Waals surface area (Å²) < 4.78 is 5.70. The number of aliphatic hydroxyl groups is 1. The van der Waals surface area contributed by atoms with E-state index in [0.717, 1.165) is 40.8 Å². The highest BCUT2D eigenvalue weighted by molar-refractivity contribution is 5.70. The molecule has 29 heavy (non-hydrogen) atoms. The fourth-order valence-corrected chi connectivity index (χ4v) is 3.43. The molecule has 2 N–H and O–H groups in total. The molecular weight excluding hydrogens is 362 g/mol. The van der Waals surface area contributed by atoms with Crippen LogP contribution in [0.4, 0.5) is 5.69 Å². The number of aliphatic hydroxyl groups excluding tert-OH is 1. The van der Waals surface area contributed by atoms with Crippen molar-refractivity contribution in [3.05, 3.63) is 93.5 Å².